The molecule has 0 saturated heterocycles. The van der Waals surface area contributed by atoms with Gasteiger partial charge >= 0.3 is 0 Å². The lowest BCUT2D eigenvalue weighted by Gasteiger charge is -2.35. The van der Waals surface area contributed by atoms with Gasteiger partial charge in [0, 0.05) is 25.7 Å². The lowest BCUT2D eigenvalue weighted by atomic mass is 9.95. The van der Waals surface area contributed by atoms with E-state index in [1.54, 1.807) is 37.2 Å². The predicted molar refractivity (Wildman–Crippen MR) is 83.3 cm³/mol. The second-order valence-electron chi connectivity index (χ2n) is 5.39. The van der Waals surface area contributed by atoms with E-state index in [0.717, 1.165) is 0 Å². The maximum atomic E-state index is 14.2. The van der Waals surface area contributed by atoms with Crippen LogP contribution in [0.3, 0.4) is 0 Å². The molecule has 21 heavy (non-hydrogen) atoms. The first-order valence-electron chi connectivity index (χ1n) is 7.36. The van der Waals surface area contributed by atoms with Crippen molar-refractivity contribution < 1.29 is 9.18 Å². The maximum Gasteiger partial charge on any atom is 0.236 e. The zero-order valence-electron chi connectivity index (χ0n) is 13.3. The minimum Gasteiger partial charge on any atom is -0.348 e. The van der Waals surface area contributed by atoms with Crippen LogP contribution in [0.15, 0.2) is 24.3 Å². The van der Waals surface area contributed by atoms with Gasteiger partial charge in [-0.15, -0.1) is 0 Å². The summed E-state index contributed by atoms with van der Waals surface area (Å²) in [4.78, 5) is 15.5. The Hall–Kier alpha value is -1.46. The maximum absolute atomic E-state index is 14.2. The van der Waals surface area contributed by atoms with Crippen molar-refractivity contribution in [2.75, 3.05) is 27.2 Å². The molecule has 1 aromatic carbocycles. The van der Waals surface area contributed by atoms with Crippen molar-refractivity contribution in [1.82, 2.24) is 9.80 Å². The third-order valence-corrected chi connectivity index (χ3v) is 3.74. The van der Waals surface area contributed by atoms with Crippen molar-refractivity contribution in [3.05, 3.63) is 35.6 Å². The van der Waals surface area contributed by atoms with Crippen LogP contribution in [-0.2, 0) is 4.79 Å². The van der Waals surface area contributed by atoms with E-state index in [4.69, 9.17) is 5.73 Å². The fourth-order valence-corrected chi connectivity index (χ4v) is 2.36. The predicted octanol–water partition coefficient (Wildman–Crippen LogP) is 2.01. The molecule has 0 aliphatic carbocycles. The number of halogens is 1. The monoisotopic (exact) mass is 295 g/mol. The van der Waals surface area contributed by atoms with Crippen molar-refractivity contribution >= 4 is 5.91 Å². The Bertz CT molecular complexity index is 465. The van der Waals surface area contributed by atoms with Gasteiger partial charge in [-0.3, -0.25) is 9.69 Å². The molecule has 1 amide bonds. The minimum absolute atomic E-state index is 0.0125. The van der Waals surface area contributed by atoms with E-state index in [0.29, 0.717) is 18.5 Å². The molecular formula is C16H26FN3O. The van der Waals surface area contributed by atoms with Crippen molar-refractivity contribution in [2.45, 2.75) is 32.4 Å². The lowest BCUT2D eigenvalue weighted by molar-refractivity contribution is -0.130. The van der Waals surface area contributed by atoms with E-state index >= 15 is 0 Å². The zero-order valence-corrected chi connectivity index (χ0v) is 13.3. The molecule has 2 N–H and O–H groups in total. The fraction of sp³-hybridized carbons (Fsp3) is 0.562. The molecule has 1 aromatic rings. The van der Waals surface area contributed by atoms with E-state index in [9.17, 15) is 9.18 Å². The van der Waals surface area contributed by atoms with Crippen LogP contribution in [0, 0.1) is 5.82 Å². The van der Waals surface area contributed by atoms with Gasteiger partial charge in [-0.25, -0.2) is 4.39 Å². The van der Waals surface area contributed by atoms with E-state index in [1.807, 2.05) is 18.7 Å². The number of benzene rings is 1. The molecule has 0 radical (unpaired) electrons. The second kappa shape index (κ2) is 8.10. The zero-order chi connectivity index (χ0) is 16.0. The van der Waals surface area contributed by atoms with Crippen LogP contribution in [0.1, 0.15) is 31.9 Å². The molecule has 0 spiro atoms. The summed E-state index contributed by atoms with van der Waals surface area (Å²) in [6.45, 7) is 4.79. The van der Waals surface area contributed by atoms with E-state index in [1.165, 1.54) is 6.07 Å². The number of nitrogens with two attached hydrogens (primary N) is 1. The quantitative estimate of drug-likeness (QED) is 0.837. The smallest absolute Gasteiger partial charge is 0.236 e. The van der Waals surface area contributed by atoms with Gasteiger partial charge in [-0.1, -0.05) is 32.0 Å². The van der Waals surface area contributed by atoms with Gasteiger partial charge in [-0.2, -0.15) is 0 Å². The summed E-state index contributed by atoms with van der Waals surface area (Å²) in [5.74, 6) is -0.288. The molecule has 5 heteroatoms. The first-order valence-corrected chi connectivity index (χ1v) is 7.36. The molecule has 2 atom stereocenters. The highest BCUT2D eigenvalue weighted by atomic mass is 19.1. The molecule has 0 fully saturated rings. The van der Waals surface area contributed by atoms with Crippen molar-refractivity contribution in [1.29, 1.82) is 0 Å². The molecule has 1 rings (SSSR count). The summed E-state index contributed by atoms with van der Waals surface area (Å²) >= 11 is 0. The Morgan fingerprint density at radius 1 is 1.29 bits per heavy atom. The van der Waals surface area contributed by atoms with Crippen LogP contribution in [0.5, 0.6) is 0 Å². The van der Waals surface area contributed by atoms with Crippen LogP contribution in [0.2, 0.25) is 0 Å². The normalized spacial score (nSPS) is 14.0. The van der Waals surface area contributed by atoms with E-state index in [2.05, 4.69) is 0 Å². The number of hydrogen-bond acceptors (Lipinski definition) is 3. The topological polar surface area (TPSA) is 49.6 Å². The minimum atomic E-state index is -0.301. The molecule has 4 nitrogen and oxygen atoms in total. The molecule has 118 valence electrons. The van der Waals surface area contributed by atoms with Crippen molar-refractivity contribution in [3.8, 4) is 0 Å². The first-order chi connectivity index (χ1) is 9.92. The van der Waals surface area contributed by atoms with E-state index in [-0.39, 0.29) is 30.4 Å². The Balaban J connectivity index is 3.11. The third-order valence-electron chi connectivity index (χ3n) is 3.74. The molecule has 0 bridgehead atoms. The molecule has 0 saturated carbocycles. The standard InChI is InChI=1S/C16H26FN3O/c1-5-14(18)16(12-9-7-8-10-13(12)17)20(6-2)11-15(21)19(3)4/h7-10,14,16H,5-6,11,18H2,1-4H3. The van der Waals surface area contributed by atoms with Gasteiger partial charge < -0.3 is 10.6 Å². The Kier molecular flexibility index (Phi) is 6.78. The highest BCUT2D eigenvalue weighted by Crippen LogP contribution is 2.27. The van der Waals surface area contributed by atoms with E-state index < -0.39 is 0 Å². The second-order valence-corrected chi connectivity index (χ2v) is 5.39. The van der Waals surface area contributed by atoms with Crippen molar-refractivity contribution in [3.63, 3.8) is 0 Å². The summed E-state index contributed by atoms with van der Waals surface area (Å²) in [5.41, 5.74) is 6.77. The van der Waals surface area contributed by atoms with Crippen LogP contribution in [0.25, 0.3) is 0 Å². The summed E-state index contributed by atoms with van der Waals surface area (Å²) < 4.78 is 14.2. The Morgan fingerprint density at radius 2 is 1.90 bits per heavy atom. The Labute approximate surface area is 126 Å². The number of carbonyl (C=O) groups is 1. The number of carbonyl (C=O) groups excluding carboxylic acids is 1. The van der Waals surface area contributed by atoms with Gasteiger partial charge in [-0.05, 0) is 19.0 Å². The largest absolute Gasteiger partial charge is 0.348 e. The molecule has 2 unspecified atom stereocenters. The third kappa shape index (κ3) is 4.51. The molecule has 0 aliphatic rings. The van der Waals surface area contributed by atoms with Crippen molar-refractivity contribution in [2.24, 2.45) is 5.73 Å². The lowest BCUT2D eigenvalue weighted by Crippen LogP contribution is -2.45. The summed E-state index contributed by atoms with van der Waals surface area (Å²) in [7, 11) is 3.43. The molecule has 0 heterocycles. The summed E-state index contributed by atoms with van der Waals surface area (Å²) in [5, 5.41) is 0. The summed E-state index contributed by atoms with van der Waals surface area (Å²) in [6, 6.07) is 6.12. The highest BCUT2D eigenvalue weighted by molar-refractivity contribution is 5.77. The molecule has 0 aliphatic heterocycles. The average molecular weight is 295 g/mol. The van der Waals surface area contributed by atoms with Gasteiger partial charge in [0.2, 0.25) is 5.91 Å². The van der Waals surface area contributed by atoms with Crippen LogP contribution in [0.4, 0.5) is 4.39 Å². The number of hydrogen-bond donors (Lipinski definition) is 1. The average Bonchev–Trinajstić information content (AvgIpc) is 2.47. The SMILES string of the molecule is CCC(N)C(c1ccccc1F)N(CC)CC(=O)N(C)C. The van der Waals surface area contributed by atoms with Gasteiger partial charge in [0.15, 0.2) is 0 Å². The number of nitrogens with zero attached hydrogens (tertiary/aromatic N) is 2. The van der Waals surface area contributed by atoms with Crippen LogP contribution >= 0.6 is 0 Å². The number of likely N-dealkylation sites (N-methyl/N-ethyl adjacent to an activating group) is 2. The summed E-state index contributed by atoms with van der Waals surface area (Å²) in [6.07, 6.45) is 0.714. The van der Waals surface area contributed by atoms with Crippen LogP contribution < -0.4 is 5.73 Å². The van der Waals surface area contributed by atoms with Gasteiger partial charge in [0.05, 0.1) is 12.6 Å². The fourth-order valence-electron chi connectivity index (χ4n) is 2.36. The molecular weight excluding hydrogens is 269 g/mol. The van der Waals surface area contributed by atoms with Gasteiger partial charge in [0.1, 0.15) is 5.82 Å². The van der Waals surface area contributed by atoms with Gasteiger partial charge in [0.25, 0.3) is 0 Å². The first kappa shape index (κ1) is 17.6. The van der Waals surface area contributed by atoms with Crippen LogP contribution in [-0.4, -0.2) is 48.9 Å². The highest BCUT2D eigenvalue weighted by Gasteiger charge is 2.28. The number of amides is 1. The molecule has 0 aromatic heterocycles. The number of rotatable bonds is 7. The Morgan fingerprint density at radius 3 is 2.38 bits per heavy atom.